The van der Waals surface area contributed by atoms with E-state index in [9.17, 15) is 8.42 Å². The monoisotopic (exact) mass is 283 g/mol. The van der Waals surface area contributed by atoms with Crippen molar-refractivity contribution in [3.05, 3.63) is 34.9 Å². The highest BCUT2D eigenvalue weighted by Gasteiger charge is 2.15. The lowest BCUT2D eigenvalue weighted by Crippen LogP contribution is -2.31. The molecule has 0 amide bonds. The van der Waals surface area contributed by atoms with Crippen LogP contribution in [0, 0.1) is 6.92 Å². The zero-order chi connectivity index (χ0) is 13.9. The minimum absolute atomic E-state index is 0.128. The molecule has 0 saturated carbocycles. The lowest BCUT2D eigenvalue weighted by molar-refractivity contribution is 0.250. The average molecular weight is 283 g/mol. The smallest absolute Gasteiger partial charge is 0.264 e. The van der Waals surface area contributed by atoms with Gasteiger partial charge in [-0.15, -0.1) is 0 Å². The van der Waals surface area contributed by atoms with E-state index in [2.05, 4.69) is 30.0 Å². The van der Waals surface area contributed by atoms with Crippen LogP contribution in [0.1, 0.15) is 29.5 Å². The molecule has 0 atom stereocenters. The van der Waals surface area contributed by atoms with Crippen molar-refractivity contribution in [2.24, 2.45) is 0 Å². The molecule has 0 spiro atoms. The van der Waals surface area contributed by atoms with Gasteiger partial charge in [0.15, 0.2) is 0 Å². The minimum Gasteiger partial charge on any atom is -0.299 e. The van der Waals surface area contributed by atoms with Crippen LogP contribution in [0.2, 0.25) is 0 Å². The van der Waals surface area contributed by atoms with Gasteiger partial charge in [-0.05, 0) is 43.9 Å². The van der Waals surface area contributed by atoms with Crippen molar-refractivity contribution in [3.63, 3.8) is 0 Å². The fraction of sp³-hybridized carbons (Fsp3) is 0.571. The first-order chi connectivity index (χ1) is 8.94. The fourth-order valence-electron chi connectivity index (χ4n) is 2.55. The average Bonchev–Trinajstić information content (AvgIpc) is 2.33. The molecule has 106 valence electrons. The summed E-state index contributed by atoms with van der Waals surface area (Å²) in [5, 5.41) is 0. The van der Waals surface area contributed by atoms with E-state index in [1.165, 1.54) is 16.7 Å². The summed E-state index contributed by atoms with van der Waals surface area (Å²) in [5.41, 5.74) is 4.13. The molecular formula is C14H21NO3S. The molecule has 19 heavy (non-hydrogen) atoms. The second kappa shape index (κ2) is 6.03. The summed E-state index contributed by atoms with van der Waals surface area (Å²) in [4.78, 5) is 2.35. The molecule has 0 bridgehead atoms. The Hall–Kier alpha value is -0.910. The Morgan fingerprint density at radius 3 is 2.79 bits per heavy atom. The van der Waals surface area contributed by atoms with Gasteiger partial charge < -0.3 is 0 Å². The number of hydrogen-bond donors (Lipinski definition) is 1. The van der Waals surface area contributed by atoms with Crippen molar-refractivity contribution in [2.75, 3.05) is 18.8 Å². The Morgan fingerprint density at radius 2 is 2.05 bits per heavy atom. The molecule has 1 aromatic carbocycles. The fourth-order valence-corrected chi connectivity index (χ4v) is 3.12. The molecule has 0 radical (unpaired) electrons. The zero-order valence-corrected chi connectivity index (χ0v) is 12.1. The summed E-state index contributed by atoms with van der Waals surface area (Å²) in [5.74, 6) is -0.128. The van der Waals surface area contributed by atoms with Crippen LogP contribution in [-0.4, -0.2) is 36.7 Å². The van der Waals surface area contributed by atoms with E-state index in [1.807, 2.05) is 0 Å². The largest absolute Gasteiger partial charge is 0.299 e. The molecule has 0 aliphatic carbocycles. The summed E-state index contributed by atoms with van der Waals surface area (Å²) < 4.78 is 29.9. The molecular weight excluding hydrogens is 262 g/mol. The molecule has 2 rings (SSSR count). The van der Waals surface area contributed by atoms with Gasteiger partial charge in [0.2, 0.25) is 0 Å². The summed E-state index contributed by atoms with van der Waals surface area (Å²) in [6, 6.07) is 6.58. The third kappa shape index (κ3) is 4.60. The third-order valence-corrected chi connectivity index (χ3v) is 4.38. The Kier molecular flexibility index (Phi) is 4.60. The SMILES string of the molecule is Cc1ccc2c(c1)CCN(CCCCS(=O)(=O)O)C2. The van der Waals surface area contributed by atoms with Crippen molar-refractivity contribution in [2.45, 2.75) is 32.7 Å². The van der Waals surface area contributed by atoms with E-state index in [0.717, 1.165) is 32.5 Å². The number of fused-ring (bicyclic) bond motifs is 1. The molecule has 4 nitrogen and oxygen atoms in total. The Morgan fingerprint density at radius 1 is 1.26 bits per heavy atom. The van der Waals surface area contributed by atoms with Crippen LogP contribution in [-0.2, 0) is 23.1 Å². The van der Waals surface area contributed by atoms with E-state index < -0.39 is 10.1 Å². The quantitative estimate of drug-likeness (QED) is 0.663. The summed E-state index contributed by atoms with van der Waals surface area (Å²) in [7, 11) is -3.80. The summed E-state index contributed by atoms with van der Waals surface area (Å²) in [6.45, 7) is 4.98. The first-order valence-electron chi connectivity index (χ1n) is 6.70. The van der Waals surface area contributed by atoms with Gasteiger partial charge in [0.05, 0.1) is 5.75 Å². The van der Waals surface area contributed by atoms with Gasteiger partial charge in [0, 0.05) is 13.1 Å². The standard InChI is InChI=1S/C14H21NO3S/c1-12-4-5-14-11-15(8-6-13(14)10-12)7-2-3-9-19(16,17)18/h4-5,10H,2-3,6-9,11H2,1H3,(H,16,17,18). The normalized spacial score (nSPS) is 16.3. The van der Waals surface area contributed by atoms with Crippen molar-refractivity contribution in [3.8, 4) is 0 Å². The number of unbranched alkanes of at least 4 members (excludes halogenated alkanes) is 1. The van der Waals surface area contributed by atoms with E-state index in [-0.39, 0.29) is 5.75 Å². The first kappa shape index (κ1) is 14.5. The second-order valence-electron chi connectivity index (χ2n) is 5.29. The lowest BCUT2D eigenvalue weighted by atomic mass is 9.97. The van der Waals surface area contributed by atoms with Crippen LogP contribution in [0.3, 0.4) is 0 Å². The number of hydrogen-bond acceptors (Lipinski definition) is 3. The third-order valence-electron chi connectivity index (χ3n) is 3.58. The molecule has 1 N–H and O–H groups in total. The molecule has 1 heterocycles. The molecule has 0 unspecified atom stereocenters. The highest BCUT2D eigenvalue weighted by Crippen LogP contribution is 2.20. The van der Waals surface area contributed by atoms with Crippen molar-refractivity contribution in [1.29, 1.82) is 0 Å². The van der Waals surface area contributed by atoms with Gasteiger partial charge in [0.1, 0.15) is 0 Å². The summed E-state index contributed by atoms with van der Waals surface area (Å²) in [6.07, 6.45) is 2.40. The van der Waals surface area contributed by atoms with Gasteiger partial charge in [-0.3, -0.25) is 9.45 Å². The van der Waals surface area contributed by atoms with Crippen molar-refractivity contribution < 1.29 is 13.0 Å². The molecule has 1 aromatic rings. The molecule has 5 heteroatoms. The predicted molar refractivity (Wildman–Crippen MR) is 75.8 cm³/mol. The zero-order valence-electron chi connectivity index (χ0n) is 11.3. The number of aryl methyl sites for hydroxylation is 1. The minimum atomic E-state index is -3.80. The van der Waals surface area contributed by atoms with Crippen molar-refractivity contribution >= 4 is 10.1 Å². The van der Waals surface area contributed by atoms with Crippen LogP contribution in [0.4, 0.5) is 0 Å². The van der Waals surface area contributed by atoms with Crippen LogP contribution >= 0.6 is 0 Å². The topological polar surface area (TPSA) is 57.6 Å². The van der Waals surface area contributed by atoms with Crippen LogP contribution in [0.25, 0.3) is 0 Å². The Bertz CT molecular complexity index is 540. The lowest BCUT2D eigenvalue weighted by Gasteiger charge is -2.28. The Balaban J connectivity index is 1.80. The van der Waals surface area contributed by atoms with Crippen LogP contribution in [0.15, 0.2) is 18.2 Å². The van der Waals surface area contributed by atoms with E-state index in [0.29, 0.717) is 6.42 Å². The Labute approximate surface area is 115 Å². The highest BCUT2D eigenvalue weighted by molar-refractivity contribution is 7.85. The maximum atomic E-state index is 10.6. The molecule has 1 aliphatic rings. The van der Waals surface area contributed by atoms with Crippen molar-refractivity contribution in [1.82, 2.24) is 4.90 Å². The van der Waals surface area contributed by atoms with Crippen LogP contribution < -0.4 is 0 Å². The van der Waals surface area contributed by atoms with Crippen LogP contribution in [0.5, 0.6) is 0 Å². The number of rotatable bonds is 5. The van der Waals surface area contributed by atoms with Gasteiger partial charge >= 0.3 is 0 Å². The molecule has 0 saturated heterocycles. The van der Waals surface area contributed by atoms with Gasteiger partial charge in [-0.1, -0.05) is 23.8 Å². The van der Waals surface area contributed by atoms with E-state index in [4.69, 9.17) is 4.55 Å². The maximum Gasteiger partial charge on any atom is 0.264 e. The predicted octanol–water partition coefficient (Wildman–Crippen LogP) is 2.02. The van der Waals surface area contributed by atoms with Gasteiger partial charge in [-0.2, -0.15) is 8.42 Å². The number of nitrogens with zero attached hydrogens (tertiary/aromatic N) is 1. The maximum absolute atomic E-state index is 10.6. The van der Waals surface area contributed by atoms with Gasteiger partial charge in [0.25, 0.3) is 10.1 Å². The van der Waals surface area contributed by atoms with Gasteiger partial charge in [-0.25, -0.2) is 0 Å². The first-order valence-corrected chi connectivity index (χ1v) is 8.31. The van der Waals surface area contributed by atoms with E-state index in [1.54, 1.807) is 0 Å². The number of benzene rings is 1. The summed E-state index contributed by atoms with van der Waals surface area (Å²) >= 11 is 0. The highest BCUT2D eigenvalue weighted by atomic mass is 32.2. The molecule has 0 aromatic heterocycles. The van der Waals surface area contributed by atoms with E-state index >= 15 is 0 Å². The molecule has 1 aliphatic heterocycles. The molecule has 0 fully saturated rings. The second-order valence-corrected chi connectivity index (χ2v) is 6.86.